The lowest BCUT2D eigenvalue weighted by atomic mass is 10.1. The fourth-order valence-corrected chi connectivity index (χ4v) is 1.82. The zero-order valence-electron chi connectivity index (χ0n) is 10.6. The van der Waals surface area contributed by atoms with Crippen LogP contribution in [0.2, 0.25) is 0 Å². The summed E-state index contributed by atoms with van der Waals surface area (Å²) in [5, 5.41) is 13.0. The number of benzene rings is 1. The van der Waals surface area contributed by atoms with Crippen molar-refractivity contribution in [2.45, 2.75) is 26.3 Å². The zero-order chi connectivity index (χ0) is 13.1. The van der Waals surface area contributed by atoms with Gasteiger partial charge in [-0.1, -0.05) is 12.1 Å². The van der Waals surface area contributed by atoms with E-state index in [0.29, 0.717) is 12.0 Å². The Morgan fingerprint density at radius 1 is 1.33 bits per heavy atom. The van der Waals surface area contributed by atoms with E-state index in [-0.39, 0.29) is 18.5 Å². The summed E-state index contributed by atoms with van der Waals surface area (Å²) < 4.78 is 15.6. The average Bonchev–Trinajstić information content (AvgIpc) is 2.81. The van der Waals surface area contributed by atoms with Crippen LogP contribution in [0.4, 0.5) is 4.39 Å². The molecule has 3 nitrogen and oxygen atoms in total. The highest BCUT2D eigenvalue weighted by molar-refractivity contribution is 5.62. The Bertz CT molecular complexity index is 534. The molecule has 18 heavy (non-hydrogen) atoms. The molecule has 1 aromatic carbocycles. The summed E-state index contributed by atoms with van der Waals surface area (Å²) in [5.41, 5.74) is 2.25. The molecule has 0 fully saturated rings. The van der Waals surface area contributed by atoms with Gasteiger partial charge in [-0.15, -0.1) is 0 Å². The topological polar surface area (TPSA) is 38.0 Å². The predicted octanol–water partition coefficient (Wildman–Crippen LogP) is 2.80. The van der Waals surface area contributed by atoms with Gasteiger partial charge < -0.3 is 5.11 Å². The summed E-state index contributed by atoms with van der Waals surface area (Å²) in [6, 6.07) is 5.35. The van der Waals surface area contributed by atoms with Gasteiger partial charge >= 0.3 is 0 Å². The maximum atomic E-state index is 13.7. The average molecular weight is 248 g/mol. The summed E-state index contributed by atoms with van der Waals surface area (Å²) in [5.74, 6) is -0.279. The second kappa shape index (κ2) is 5.31. The first-order valence-corrected chi connectivity index (χ1v) is 6.05. The van der Waals surface area contributed by atoms with E-state index in [1.165, 1.54) is 6.07 Å². The highest BCUT2D eigenvalue weighted by Crippen LogP contribution is 2.22. The molecule has 2 aromatic rings. The molecule has 1 N–H and O–H groups in total. The lowest BCUT2D eigenvalue weighted by molar-refractivity contribution is 0.297. The summed E-state index contributed by atoms with van der Waals surface area (Å²) in [6.07, 6.45) is 3.99. The largest absolute Gasteiger partial charge is 0.396 e. The lowest BCUT2D eigenvalue weighted by Gasteiger charge is -2.04. The van der Waals surface area contributed by atoms with Crippen LogP contribution in [0, 0.1) is 5.82 Å². The van der Waals surface area contributed by atoms with Crippen molar-refractivity contribution < 1.29 is 9.50 Å². The molecule has 0 aliphatic carbocycles. The minimum absolute atomic E-state index is 0.0401. The molecule has 0 amide bonds. The summed E-state index contributed by atoms with van der Waals surface area (Å²) >= 11 is 0. The maximum Gasteiger partial charge on any atom is 0.127 e. The minimum Gasteiger partial charge on any atom is -0.396 e. The Kier molecular flexibility index (Phi) is 3.77. The third kappa shape index (κ3) is 2.59. The van der Waals surface area contributed by atoms with E-state index in [1.54, 1.807) is 12.3 Å². The van der Waals surface area contributed by atoms with Crippen LogP contribution in [0.5, 0.6) is 0 Å². The summed E-state index contributed by atoms with van der Waals surface area (Å²) in [4.78, 5) is 0. The van der Waals surface area contributed by atoms with E-state index < -0.39 is 0 Å². The molecule has 0 aliphatic heterocycles. The fourth-order valence-electron chi connectivity index (χ4n) is 1.82. The summed E-state index contributed by atoms with van der Waals surface area (Å²) in [7, 11) is 0. The molecule has 0 bridgehead atoms. The molecule has 0 saturated heterocycles. The third-order valence-electron chi connectivity index (χ3n) is 2.90. The molecule has 4 heteroatoms. The van der Waals surface area contributed by atoms with Crippen molar-refractivity contribution in [1.29, 1.82) is 0 Å². The molecule has 0 unspecified atom stereocenters. The molecule has 0 atom stereocenters. The Labute approximate surface area is 106 Å². The van der Waals surface area contributed by atoms with Crippen molar-refractivity contribution in [2.75, 3.05) is 6.61 Å². The van der Waals surface area contributed by atoms with Gasteiger partial charge in [0, 0.05) is 24.4 Å². The molecule has 0 spiro atoms. The highest BCUT2D eigenvalue weighted by Gasteiger charge is 2.07. The molecule has 0 aliphatic rings. The first-order chi connectivity index (χ1) is 8.61. The Morgan fingerprint density at radius 2 is 2.11 bits per heavy atom. The van der Waals surface area contributed by atoms with Crippen molar-refractivity contribution in [3.8, 4) is 11.1 Å². The van der Waals surface area contributed by atoms with E-state index in [4.69, 9.17) is 5.11 Å². The second-order valence-corrected chi connectivity index (χ2v) is 4.58. The molecule has 2 rings (SSSR count). The molecule has 96 valence electrons. The van der Waals surface area contributed by atoms with Crippen molar-refractivity contribution in [2.24, 2.45) is 0 Å². The van der Waals surface area contributed by atoms with Crippen LogP contribution in [0.3, 0.4) is 0 Å². The van der Waals surface area contributed by atoms with Crippen LogP contribution < -0.4 is 0 Å². The van der Waals surface area contributed by atoms with E-state index in [0.717, 1.165) is 11.1 Å². The van der Waals surface area contributed by atoms with Gasteiger partial charge in [0.15, 0.2) is 0 Å². The molecular formula is C14H17FN2O. The molecule has 1 aromatic heterocycles. The number of aliphatic hydroxyl groups excluding tert-OH is 1. The number of aliphatic hydroxyl groups is 1. The Morgan fingerprint density at radius 3 is 2.67 bits per heavy atom. The van der Waals surface area contributed by atoms with Crippen LogP contribution in [0.1, 0.15) is 25.5 Å². The van der Waals surface area contributed by atoms with Crippen molar-refractivity contribution in [3.05, 3.63) is 42.0 Å². The van der Waals surface area contributed by atoms with Crippen LogP contribution in [-0.4, -0.2) is 21.5 Å². The highest BCUT2D eigenvalue weighted by atomic mass is 19.1. The predicted molar refractivity (Wildman–Crippen MR) is 68.8 cm³/mol. The number of hydrogen-bond acceptors (Lipinski definition) is 2. The van der Waals surface area contributed by atoms with Crippen LogP contribution in [0.15, 0.2) is 30.6 Å². The lowest BCUT2D eigenvalue weighted by Crippen LogP contribution is -1.99. The van der Waals surface area contributed by atoms with Crippen molar-refractivity contribution in [1.82, 2.24) is 9.78 Å². The number of halogens is 1. The van der Waals surface area contributed by atoms with E-state index in [2.05, 4.69) is 5.10 Å². The smallest absolute Gasteiger partial charge is 0.127 e. The minimum atomic E-state index is -0.279. The summed E-state index contributed by atoms with van der Waals surface area (Å²) in [6.45, 7) is 4.05. The SMILES string of the molecule is CC(C)n1cc(-c2ccc(CCO)c(F)c2)cn1. The molecule has 1 heterocycles. The number of aromatic nitrogens is 2. The van der Waals surface area contributed by atoms with Gasteiger partial charge in [0.25, 0.3) is 0 Å². The molecular weight excluding hydrogens is 231 g/mol. The number of nitrogens with zero attached hydrogens (tertiary/aromatic N) is 2. The third-order valence-corrected chi connectivity index (χ3v) is 2.90. The Hall–Kier alpha value is -1.68. The maximum absolute atomic E-state index is 13.7. The molecule has 0 radical (unpaired) electrons. The van der Waals surface area contributed by atoms with E-state index in [1.807, 2.05) is 30.8 Å². The van der Waals surface area contributed by atoms with Gasteiger partial charge in [0.2, 0.25) is 0 Å². The fraction of sp³-hybridized carbons (Fsp3) is 0.357. The Balaban J connectivity index is 2.30. The van der Waals surface area contributed by atoms with E-state index >= 15 is 0 Å². The first kappa shape index (κ1) is 12.8. The normalized spacial score (nSPS) is 11.2. The standard InChI is InChI=1S/C14H17FN2O/c1-10(2)17-9-13(8-16-17)12-4-3-11(5-6-18)14(15)7-12/h3-4,7-10,18H,5-6H2,1-2H3. The van der Waals surface area contributed by atoms with Gasteiger partial charge in [-0.2, -0.15) is 5.10 Å². The van der Waals surface area contributed by atoms with E-state index in [9.17, 15) is 4.39 Å². The van der Waals surface area contributed by atoms with Gasteiger partial charge in [-0.25, -0.2) is 4.39 Å². The van der Waals surface area contributed by atoms with Gasteiger partial charge in [-0.3, -0.25) is 4.68 Å². The van der Waals surface area contributed by atoms with Crippen LogP contribution in [-0.2, 0) is 6.42 Å². The molecule has 0 saturated carbocycles. The van der Waals surface area contributed by atoms with Crippen molar-refractivity contribution in [3.63, 3.8) is 0 Å². The first-order valence-electron chi connectivity index (χ1n) is 6.05. The quantitative estimate of drug-likeness (QED) is 0.903. The number of hydrogen-bond donors (Lipinski definition) is 1. The van der Waals surface area contributed by atoms with Gasteiger partial charge in [0.05, 0.1) is 6.20 Å². The zero-order valence-corrected chi connectivity index (χ0v) is 10.6. The van der Waals surface area contributed by atoms with Crippen LogP contribution in [0.25, 0.3) is 11.1 Å². The monoisotopic (exact) mass is 248 g/mol. The van der Waals surface area contributed by atoms with Crippen LogP contribution >= 0.6 is 0 Å². The van der Waals surface area contributed by atoms with Crippen molar-refractivity contribution >= 4 is 0 Å². The van der Waals surface area contributed by atoms with Gasteiger partial charge in [0.1, 0.15) is 5.82 Å². The number of rotatable bonds is 4. The second-order valence-electron chi connectivity index (χ2n) is 4.58. The van der Waals surface area contributed by atoms with Gasteiger partial charge in [-0.05, 0) is 37.5 Å².